The molecule has 3 atom stereocenters. The summed E-state index contributed by atoms with van der Waals surface area (Å²) in [6.07, 6.45) is 6.17. The lowest BCUT2D eigenvalue weighted by Crippen LogP contribution is -2.44. The zero-order valence-corrected chi connectivity index (χ0v) is 15.1. The molecule has 3 rings (SSSR count). The number of aromatic nitrogens is 2. The van der Waals surface area contributed by atoms with E-state index in [1.165, 1.54) is 0 Å². The molecule has 0 spiro atoms. The van der Waals surface area contributed by atoms with Gasteiger partial charge in [0.2, 0.25) is 15.9 Å². The first-order valence-corrected chi connectivity index (χ1v) is 10.2. The van der Waals surface area contributed by atoms with Gasteiger partial charge in [0.25, 0.3) is 0 Å². The van der Waals surface area contributed by atoms with Crippen LogP contribution in [0.15, 0.2) is 12.4 Å². The van der Waals surface area contributed by atoms with Gasteiger partial charge in [0, 0.05) is 44.4 Å². The average molecular weight is 354 g/mol. The summed E-state index contributed by atoms with van der Waals surface area (Å²) in [7, 11) is -1.56. The Balaban J connectivity index is 1.51. The minimum atomic E-state index is -3.36. The number of piperidine rings is 1. The molecule has 2 aliphatic rings. The maximum absolute atomic E-state index is 12.3. The fraction of sp³-hybridized carbons (Fsp3) is 0.750. The minimum absolute atomic E-state index is 0.0168. The molecule has 0 bridgehead atoms. The summed E-state index contributed by atoms with van der Waals surface area (Å²) >= 11 is 0. The summed E-state index contributed by atoms with van der Waals surface area (Å²) < 4.78 is 28.9. The number of hydrogen-bond donors (Lipinski definition) is 1. The van der Waals surface area contributed by atoms with Crippen LogP contribution >= 0.6 is 0 Å². The van der Waals surface area contributed by atoms with Crippen molar-refractivity contribution in [3.8, 4) is 0 Å². The van der Waals surface area contributed by atoms with Gasteiger partial charge in [-0.25, -0.2) is 13.1 Å². The Bertz CT molecular complexity index is 700. The third-order valence-corrected chi connectivity index (χ3v) is 6.46. The smallest absolute Gasteiger partial charge is 0.225 e. The van der Waals surface area contributed by atoms with E-state index in [9.17, 15) is 13.2 Å². The number of amides is 1. The van der Waals surface area contributed by atoms with E-state index in [0.717, 1.165) is 31.4 Å². The van der Waals surface area contributed by atoms with E-state index in [-0.39, 0.29) is 30.0 Å². The molecule has 2 heterocycles. The maximum atomic E-state index is 12.3. The lowest BCUT2D eigenvalue weighted by atomic mass is 9.99. The van der Waals surface area contributed by atoms with Crippen LogP contribution in [0.3, 0.4) is 0 Å². The van der Waals surface area contributed by atoms with E-state index in [4.69, 9.17) is 0 Å². The zero-order valence-electron chi connectivity index (χ0n) is 14.3. The van der Waals surface area contributed by atoms with Gasteiger partial charge in [-0.1, -0.05) is 6.92 Å². The molecule has 0 unspecified atom stereocenters. The molecule has 1 aliphatic carbocycles. The van der Waals surface area contributed by atoms with Crippen molar-refractivity contribution < 1.29 is 13.2 Å². The first-order valence-electron chi connectivity index (χ1n) is 8.57. The molecule has 8 heteroatoms. The van der Waals surface area contributed by atoms with Gasteiger partial charge in [-0.15, -0.1) is 0 Å². The highest BCUT2D eigenvalue weighted by atomic mass is 32.2. The van der Waals surface area contributed by atoms with Crippen molar-refractivity contribution in [3.05, 3.63) is 18.0 Å². The standard InChI is InChI=1S/C16H26N4O3S/c1-12-6-15(12)16(21)20-5-3-4-13(10-20)11-24(22,23)18-8-14-7-17-19(2)9-14/h7,9,12-13,15,18H,3-6,8,10-11H2,1-2H3/t12-,13-,15-/m1/s1. The predicted molar refractivity (Wildman–Crippen MR) is 90.4 cm³/mol. The number of carbonyl (C=O) groups excluding carboxylic acids is 1. The second-order valence-electron chi connectivity index (χ2n) is 7.24. The summed E-state index contributed by atoms with van der Waals surface area (Å²) in [5, 5.41) is 4.03. The van der Waals surface area contributed by atoms with Crippen molar-refractivity contribution in [2.24, 2.45) is 24.8 Å². The molecule has 1 aromatic rings. The summed E-state index contributed by atoms with van der Waals surface area (Å²) in [4.78, 5) is 14.2. The molecule has 1 aliphatic heterocycles. The molecule has 7 nitrogen and oxygen atoms in total. The van der Waals surface area contributed by atoms with Crippen LogP contribution in [0.4, 0.5) is 0 Å². The van der Waals surface area contributed by atoms with Crippen LogP contribution < -0.4 is 4.72 Å². The summed E-state index contributed by atoms with van der Waals surface area (Å²) in [6.45, 7) is 3.68. The van der Waals surface area contributed by atoms with E-state index in [1.54, 1.807) is 24.1 Å². The Hall–Kier alpha value is -1.41. The number of carbonyl (C=O) groups is 1. The van der Waals surface area contributed by atoms with Crippen molar-refractivity contribution in [3.63, 3.8) is 0 Å². The van der Waals surface area contributed by atoms with Crippen molar-refractivity contribution in [1.82, 2.24) is 19.4 Å². The van der Waals surface area contributed by atoms with Crippen molar-refractivity contribution in [2.75, 3.05) is 18.8 Å². The highest BCUT2D eigenvalue weighted by Crippen LogP contribution is 2.39. The van der Waals surface area contributed by atoms with E-state index in [1.807, 2.05) is 4.90 Å². The van der Waals surface area contributed by atoms with Gasteiger partial charge in [-0.2, -0.15) is 5.10 Å². The van der Waals surface area contributed by atoms with Crippen LogP contribution in [0.25, 0.3) is 0 Å². The largest absolute Gasteiger partial charge is 0.342 e. The fourth-order valence-corrected chi connectivity index (χ4v) is 4.82. The third-order valence-electron chi connectivity index (χ3n) is 4.97. The molecular formula is C16H26N4O3S. The van der Waals surface area contributed by atoms with E-state index in [2.05, 4.69) is 16.7 Å². The van der Waals surface area contributed by atoms with Crippen molar-refractivity contribution in [1.29, 1.82) is 0 Å². The average Bonchev–Trinajstić information content (AvgIpc) is 3.10. The van der Waals surface area contributed by atoms with Gasteiger partial charge < -0.3 is 4.90 Å². The van der Waals surface area contributed by atoms with Crippen molar-refractivity contribution in [2.45, 2.75) is 32.7 Å². The first kappa shape index (κ1) is 17.4. The molecule has 1 amide bonds. The predicted octanol–water partition coefficient (Wildman–Crippen LogP) is 0.734. The Kier molecular flexibility index (Phi) is 4.96. The second kappa shape index (κ2) is 6.84. The number of hydrogen-bond acceptors (Lipinski definition) is 4. The molecule has 0 aromatic carbocycles. The normalized spacial score (nSPS) is 27.2. The number of nitrogens with one attached hydrogen (secondary N) is 1. The van der Waals surface area contributed by atoms with E-state index in [0.29, 0.717) is 12.5 Å². The number of nitrogens with zero attached hydrogens (tertiary/aromatic N) is 3. The zero-order chi connectivity index (χ0) is 17.3. The third kappa shape index (κ3) is 4.36. The Morgan fingerprint density at radius 2 is 2.21 bits per heavy atom. The van der Waals surface area contributed by atoms with Gasteiger partial charge in [-0.3, -0.25) is 9.48 Å². The summed E-state index contributed by atoms with van der Waals surface area (Å²) in [5.74, 6) is 0.972. The topological polar surface area (TPSA) is 84.3 Å². The monoisotopic (exact) mass is 354 g/mol. The maximum Gasteiger partial charge on any atom is 0.225 e. The second-order valence-corrected chi connectivity index (χ2v) is 9.09. The first-order chi connectivity index (χ1) is 11.3. The van der Waals surface area contributed by atoms with Crippen LogP contribution in [0.2, 0.25) is 0 Å². The lowest BCUT2D eigenvalue weighted by Gasteiger charge is -2.33. The molecule has 24 heavy (non-hydrogen) atoms. The fourth-order valence-electron chi connectivity index (χ4n) is 3.43. The quantitative estimate of drug-likeness (QED) is 0.816. The van der Waals surface area contributed by atoms with Crippen LogP contribution in [0, 0.1) is 17.8 Å². The molecule has 1 saturated carbocycles. The van der Waals surface area contributed by atoms with Gasteiger partial charge >= 0.3 is 0 Å². The molecule has 134 valence electrons. The summed E-state index contributed by atoms with van der Waals surface area (Å²) in [6, 6.07) is 0. The molecule has 0 radical (unpaired) electrons. The van der Waals surface area contributed by atoms with Gasteiger partial charge in [0.15, 0.2) is 0 Å². The minimum Gasteiger partial charge on any atom is -0.342 e. The summed E-state index contributed by atoms with van der Waals surface area (Å²) in [5.41, 5.74) is 0.837. The highest BCUT2D eigenvalue weighted by molar-refractivity contribution is 7.89. The molecular weight excluding hydrogens is 328 g/mol. The van der Waals surface area contributed by atoms with Crippen LogP contribution in [0.1, 0.15) is 31.7 Å². The van der Waals surface area contributed by atoms with Crippen molar-refractivity contribution >= 4 is 15.9 Å². The van der Waals surface area contributed by atoms with E-state index < -0.39 is 10.0 Å². The van der Waals surface area contributed by atoms with Gasteiger partial charge in [-0.05, 0) is 31.1 Å². The van der Waals surface area contributed by atoms with E-state index >= 15 is 0 Å². The molecule has 1 saturated heterocycles. The number of likely N-dealkylation sites (tertiary alicyclic amines) is 1. The van der Waals surface area contributed by atoms with Crippen LogP contribution in [-0.4, -0.2) is 47.8 Å². The van der Waals surface area contributed by atoms with Gasteiger partial charge in [0.05, 0.1) is 11.9 Å². The number of sulfonamides is 1. The SMILES string of the molecule is C[C@@H]1C[C@H]1C(=O)N1CCC[C@@H](CS(=O)(=O)NCc2cnn(C)c2)C1. The number of aryl methyl sites for hydroxylation is 1. The molecule has 2 fully saturated rings. The van der Waals surface area contributed by atoms with Crippen LogP contribution in [0.5, 0.6) is 0 Å². The Labute approximate surface area is 143 Å². The lowest BCUT2D eigenvalue weighted by molar-refractivity contribution is -0.134. The molecule has 1 N–H and O–H groups in total. The van der Waals surface area contributed by atoms with Crippen LogP contribution in [-0.2, 0) is 28.4 Å². The Morgan fingerprint density at radius 3 is 2.83 bits per heavy atom. The van der Waals surface area contributed by atoms with Gasteiger partial charge in [0.1, 0.15) is 0 Å². The number of rotatable bonds is 6. The Morgan fingerprint density at radius 1 is 1.46 bits per heavy atom. The highest BCUT2D eigenvalue weighted by Gasteiger charge is 2.42. The molecule has 1 aromatic heterocycles.